The van der Waals surface area contributed by atoms with Crippen molar-refractivity contribution in [1.29, 1.82) is 0 Å². The summed E-state index contributed by atoms with van der Waals surface area (Å²) in [5.74, 6) is -1.85. The van der Waals surface area contributed by atoms with Crippen LogP contribution in [0.5, 0.6) is 0 Å². The van der Waals surface area contributed by atoms with Crippen LogP contribution in [0.4, 0.5) is 0 Å². The Morgan fingerprint density at radius 1 is 1.40 bits per heavy atom. The van der Waals surface area contributed by atoms with Crippen molar-refractivity contribution in [1.82, 2.24) is 0 Å². The third-order valence-corrected chi connectivity index (χ3v) is 1.63. The van der Waals surface area contributed by atoms with Gasteiger partial charge >= 0.3 is 5.97 Å². The molecule has 84 valence electrons. The molecule has 5 nitrogen and oxygen atoms in total. The molecular formula is C9H13O5P. The first kappa shape index (κ1) is 13.7. The van der Waals surface area contributed by atoms with Crippen molar-refractivity contribution in [3.63, 3.8) is 0 Å². The quantitative estimate of drug-likeness (QED) is 0.295. The SMILES string of the molecule is C=CC(=O)/C(OP)=C(\OC)C(=O)OCC. The maximum Gasteiger partial charge on any atom is 0.377 e. The van der Waals surface area contributed by atoms with Crippen LogP contribution in [-0.4, -0.2) is 25.5 Å². The van der Waals surface area contributed by atoms with Crippen LogP contribution < -0.4 is 0 Å². The number of esters is 1. The van der Waals surface area contributed by atoms with Crippen molar-refractivity contribution < 1.29 is 23.6 Å². The Morgan fingerprint density at radius 2 is 2.00 bits per heavy atom. The van der Waals surface area contributed by atoms with Gasteiger partial charge in [-0.05, 0) is 13.0 Å². The number of ether oxygens (including phenoxy) is 2. The number of carbonyl (C=O) groups is 2. The summed E-state index contributed by atoms with van der Waals surface area (Å²) in [6.45, 7) is 5.09. The van der Waals surface area contributed by atoms with E-state index in [9.17, 15) is 9.59 Å². The highest BCUT2D eigenvalue weighted by Crippen LogP contribution is 2.14. The van der Waals surface area contributed by atoms with E-state index >= 15 is 0 Å². The van der Waals surface area contributed by atoms with Crippen LogP contribution in [-0.2, 0) is 23.6 Å². The molecule has 1 unspecified atom stereocenters. The first-order chi connectivity index (χ1) is 7.12. The fourth-order valence-corrected chi connectivity index (χ4v) is 1.00. The van der Waals surface area contributed by atoms with E-state index in [4.69, 9.17) is 4.74 Å². The summed E-state index contributed by atoms with van der Waals surface area (Å²) in [5, 5.41) is 0. The van der Waals surface area contributed by atoms with Crippen molar-refractivity contribution >= 4 is 21.2 Å². The molecule has 0 aromatic heterocycles. The molecule has 1 atom stereocenters. The van der Waals surface area contributed by atoms with Crippen LogP contribution in [0.3, 0.4) is 0 Å². The fourth-order valence-electron chi connectivity index (χ4n) is 0.782. The number of hydrogen-bond donors (Lipinski definition) is 0. The van der Waals surface area contributed by atoms with Gasteiger partial charge in [0.2, 0.25) is 11.5 Å². The minimum Gasteiger partial charge on any atom is -0.487 e. The van der Waals surface area contributed by atoms with Gasteiger partial charge in [0.05, 0.1) is 23.2 Å². The van der Waals surface area contributed by atoms with Crippen LogP contribution in [0.25, 0.3) is 0 Å². The van der Waals surface area contributed by atoms with Gasteiger partial charge < -0.3 is 14.0 Å². The van der Waals surface area contributed by atoms with Crippen LogP contribution in [0.15, 0.2) is 24.2 Å². The van der Waals surface area contributed by atoms with E-state index in [2.05, 4.69) is 15.8 Å². The second kappa shape index (κ2) is 7.01. The summed E-state index contributed by atoms with van der Waals surface area (Å²) >= 11 is 0. The van der Waals surface area contributed by atoms with Gasteiger partial charge in [0, 0.05) is 0 Å². The highest BCUT2D eigenvalue weighted by molar-refractivity contribution is 7.10. The molecule has 0 heterocycles. The van der Waals surface area contributed by atoms with Gasteiger partial charge in [-0.1, -0.05) is 6.58 Å². The molecular weight excluding hydrogens is 219 g/mol. The highest BCUT2D eigenvalue weighted by atomic mass is 31.0. The molecule has 0 aromatic rings. The van der Waals surface area contributed by atoms with Crippen molar-refractivity contribution in [2.75, 3.05) is 13.7 Å². The van der Waals surface area contributed by atoms with E-state index in [1.807, 2.05) is 9.47 Å². The van der Waals surface area contributed by atoms with Gasteiger partial charge in [-0.2, -0.15) is 0 Å². The molecule has 0 amide bonds. The van der Waals surface area contributed by atoms with Gasteiger partial charge in [-0.15, -0.1) is 0 Å². The Labute approximate surface area is 90.4 Å². The summed E-state index contributed by atoms with van der Waals surface area (Å²) in [7, 11) is 3.10. The lowest BCUT2D eigenvalue weighted by molar-refractivity contribution is -0.142. The van der Waals surface area contributed by atoms with Gasteiger partial charge in [-0.3, -0.25) is 4.79 Å². The molecule has 0 aliphatic carbocycles. The summed E-state index contributed by atoms with van der Waals surface area (Å²) in [6.07, 6.45) is 1.01. The zero-order chi connectivity index (χ0) is 11.8. The molecule has 0 fully saturated rings. The molecule has 0 spiro atoms. The highest BCUT2D eigenvalue weighted by Gasteiger charge is 2.22. The standard InChI is InChI=1S/C9H13O5P/c1-4-6(10)7(14-15)8(12-3)9(11)13-5-2/h4H,1,5,15H2,2-3H3/b8-7+. The maximum atomic E-state index is 11.3. The Kier molecular flexibility index (Phi) is 6.38. The predicted molar refractivity (Wildman–Crippen MR) is 56.7 cm³/mol. The van der Waals surface area contributed by atoms with Crippen molar-refractivity contribution in [2.24, 2.45) is 0 Å². The number of methoxy groups -OCH3 is 1. The van der Waals surface area contributed by atoms with Gasteiger partial charge in [-0.25, -0.2) is 4.79 Å². The third kappa shape index (κ3) is 3.72. The molecule has 0 radical (unpaired) electrons. The molecule has 0 saturated heterocycles. The topological polar surface area (TPSA) is 61.8 Å². The van der Waals surface area contributed by atoms with E-state index < -0.39 is 11.8 Å². The van der Waals surface area contributed by atoms with Gasteiger partial charge in [0.15, 0.2) is 0 Å². The molecule has 6 heteroatoms. The van der Waals surface area contributed by atoms with Gasteiger partial charge in [0.1, 0.15) is 0 Å². The van der Waals surface area contributed by atoms with Crippen LogP contribution in [0.2, 0.25) is 0 Å². The summed E-state index contributed by atoms with van der Waals surface area (Å²) < 4.78 is 14.1. The predicted octanol–water partition coefficient (Wildman–Crippen LogP) is 0.969. The monoisotopic (exact) mass is 232 g/mol. The number of hydrogen-bond acceptors (Lipinski definition) is 5. The zero-order valence-electron chi connectivity index (χ0n) is 8.61. The minimum atomic E-state index is -0.757. The summed E-state index contributed by atoms with van der Waals surface area (Å²) in [4.78, 5) is 22.6. The Hall–Kier alpha value is -1.35. The zero-order valence-corrected chi connectivity index (χ0v) is 9.76. The van der Waals surface area contributed by atoms with Crippen molar-refractivity contribution in [2.45, 2.75) is 6.92 Å². The van der Waals surface area contributed by atoms with Crippen LogP contribution >= 0.6 is 9.47 Å². The average molecular weight is 232 g/mol. The van der Waals surface area contributed by atoms with E-state index in [0.29, 0.717) is 0 Å². The third-order valence-electron chi connectivity index (χ3n) is 1.40. The lowest BCUT2D eigenvalue weighted by Gasteiger charge is -2.09. The normalized spacial score (nSPS) is 11.1. The van der Waals surface area contributed by atoms with E-state index in [1.165, 1.54) is 7.11 Å². The smallest absolute Gasteiger partial charge is 0.377 e. The second-order valence-corrected chi connectivity index (χ2v) is 2.50. The molecule has 0 aliphatic rings. The average Bonchev–Trinajstić information content (AvgIpc) is 2.24. The Bertz CT molecular complexity index is 295. The molecule has 0 N–H and O–H groups in total. The fraction of sp³-hybridized carbons (Fsp3) is 0.333. The van der Waals surface area contributed by atoms with Crippen molar-refractivity contribution in [3.05, 3.63) is 24.2 Å². The number of rotatable bonds is 6. The molecule has 15 heavy (non-hydrogen) atoms. The van der Waals surface area contributed by atoms with Gasteiger partial charge in [0.25, 0.3) is 5.76 Å². The van der Waals surface area contributed by atoms with E-state index in [-0.39, 0.29) is 18.1 Å². The lowest BCUT2D eigenvalue weighted by Crippen LogP contribution is -2.15. The summed E-state index contributed by atoms with van der Waals surface area (Å²) in [6, 6.07) is 0. The van der Waals surface area contributed by atoms with E-state index in [0.717, 1.165) is 6.08 Å². The number of ketones is 1. The van der Waals surface area contributed by atoms with Crippen LogP contribution in [0, 0.1) is 0 Å². The van der Waals surface area contributed by atoms with Crippen LogP contribution in [0.1, 0.15) is 6.92 Å². The summed E-state index contributed by atoms with van der Waals surface area (Å²) in [5.41, 5.74) is 0. The molecule has 0 aromatic carbocycles. The molecule has 0 rings (SSSR count). The lowest BCUT2D eigenvalue weighted by atomic mass is 10.3. The van der Waals surface area contributed by atoms with E-state index in [1.54, 1.807) is 6.92 Å². The first-order valence-corrected chi connectivity index (χ1v) is 4.58. The first-order valence-electron chi connectivity index (χ1n) is 4.11. The van der Waals surface area contributed by atoms with Crippen molar-refractivity contribution in [3.8, 4) is 0 Å². The molecule has 0 aliphatic heterocycles. The number of allylic oxidation sites excluding steroid dienone is 1. The number of carbonyl (C=O) groups excluding carboxylic acids is 2. The Balaban J connectivity index is 5.14. The Morgan fingerprint density at radius 3 is 2.33 bits per heavy atom. The largest absolute Gasteiger partial charge is 0.487 e. The second-order valence-electron chi connectivity index (χ2n) is 2.27. The molecule has 0 saturated carbocycles. The molecule has 0 bridgehead atoms. The maximum absolute atomic E-state index is 11.3. The minimum absolute atomic E-state index is 0.179.